The van der Waals surface area contributed by atoms with E-state index in [2.05, 4.69) is 5.32 Å². The summed E-state index contributed by atoms with van der Waals surface area (Å²) in [6.45, 7) is -0.295. The molecule has 4 N–H and O–H groups in total. The van der Waals surface area contributed by atoms with E-state index in [1.807, 2.05) is 4.72 Å². The Hall–Kier alpha value is -2.69. The summed E-state index contributed by atoms with van der Waals surface area (Å²) in [5, 5.41) is 31.9. The molecule has 0 radical (unpaired) electrons. The monoisotopic (exact) mass is 367 g/mol. The van der Waals surface area contributed by atoms with E-state index in [1.54, 1.807) is 0 Å². The van der Waals surface area contributed by atoms with Crippen LogP contribution >= 0.6 is 0 Å². The highest BCUT2D eigenvalue weighted by atomic mass is 32.2. The van der Waals surface area contributed by atoms with Gasteiger partial charge in [-0.25, -0.2) is 13.1 Å². The van der Waals surface area contributed by atoms with Crippen molar-refractivity contribution in [2.24, 2.45) is 0 Å². The summed E-state index contributed by atoms with van der Waals surface area (Å²) in [6, 6.07) is 8.12. The smallest absolute Gasteiger partial charge is 0.271 e. The number of hydrogen-bond donors (Lipinski definition) is 4. The lowest BCUT2D eigenvalue weighted by Gasteiger charge is -2.11. The number of nitrogens with zero attached hydrogens (tertiary/aromatic N) is 1. The number of amides is 1. The number of pyridine rings is 1. The van der Waals surface area contributed by atoms with Gasteiger partial charge in [-0.05, 0) is 30.3 Å². The number of hydrogen-bond acceptors (Lipinski definition) is 7. The lowest BCUT2D eigenvalue weighted by atomic mass is 10.3. The Kier molecular flexibility index (Phi) is 5.91. The maximum absolute atomic E-state index is 12.2. The second-order valence-electron chi connectivity index (χ2n) is 5.13. The van der Waals surface area contributed by atoms with Gasteiger partial charge in [0.25, 0.3) is 15.9 Å². The first-order valence-corrected chi connectivity index (χ1v) is 8.69. The molecule has 25 heavy (non-hydrogen) atoms. The Morgan fingerprint density at radius 2 is 1.92 bits per heavy atom. The van der Waals surface area contributed by atoms with Crippen molar-refractivity contribution >= 4 is 21.6 Å². The number of sulfonamides is 1. The number of aliphatic hydroxyl groups is 2. The van der Waals surface area contributed by atoms with Crippen LogP contribution in [0.4, 0.5) is 5.69 Å². The molecule has 0 aliphatic carbocycles. The van der Waals surface area contributed by atoms with Gasteiger partial charge in [-0.15, -0.1) is 0 Å². The zero-order valence-electron chi connectivity index (χ0n) is 13.0. The Labute approximate surface area is 144 Å². The van der Waals surface area contributed by atoms with Crippen LogP contribution in [-0.4, -0.2) is 43.8 Å². The lowest BCUT2D eigenvalue weighted by Crippen LogP contribution is -2.33. The van der Waals surface area contributed by atoms with E-state index in [-0.39, 0.29) is 17.0 Å². The molecule has 1 unspecified atom stereocenters. The molecule has 10 heteroatoms. The van der Waals surface area contributed by atoms with E-state index in [0.29, 0.717) is 10.4 Å². The summed E-state index contributed by atoms with van der Waals surface area (Å²) in [5.74, 6) is -0.918. The number of aliphatic hydroxyl groups excluding tert-OH is 2. The van der Waals surface area contributed by atoms with Crippen molar-refractivity contribution in [2.45, 2.75) is 11.0 Å². The Balaban J connectivity index is 2.07. The van der Waals surface area contributed by atoms with Crippen molar-refractivity contribution in [3.8, 4) is 0 Å². The Morgan fingerprint density at radius 3 is 2.52 bits per heavy atom. The van der Waals surface area contributed by atoms with Crippen LogP contribution in [0.25, 0.3) is 0 Å². The minimum Gasteiger partial charge on any atom is -0.619 e. The molecular formula is C15H17N3O6S. The molecule has 1 aromatic heterocycles. The first kappa shape index (κ1) is 18.6. The second kappa shape index (κ2) is 7.92. The number of benzene rings is 1. The number of carbonyl (C=O) groups excluding carboxylic acids is 1. The second-order valence-corrected chi connectivity index (χ2v) is 6.81. The van der Waals surface area contributed by atoms with E-state index in [9.17, 15) is 23.5 Å². The molecule has 2 aromatic rings. The zero-order valence-corrected chi connectivity index (χ0v) is 13.8. The van der Waals surface area contributed by atoms with Gasteiger partial charge in [-0.2, -0.15) is 4.73 Å². The van der Waals surface area contributed by atoms with E-state index < -0.39 is 28.6 Å². The summed E-state index contributed by atoms with van der Waals surface area (Å²) < 4.78 is 26.7. The Morgan fingerprint density at radius 1 is 1.24 bits per heavy atom. The Bertz CT molecular complexity index is 839. The van der Waals surface area contributed by atoms with Gasteiger partial charge in [0, 0.05) is 18.3 Å². The van der Waals surface area contributed by atoms with Gasteiger partial charge >= 0.3 is 0 Å². The molecule has 0 spiro atoms. The third-order valence-electron chi connectivity index (χ3n) is 3.18. The predicted molar refractivity (Wildman–Crippen MR) is 88.1 cm³/mol. The lowest BCUT2D eigenvalue weighted by molar-refractivity contribution is -0.605. The van der Waals surface area contributed by atoms with Gasteiger partial charge in [0.15, 0.2) is 12.4 Å². The normalized spacial score (nSPS) is 12.4. The summed E-state index contributed by atoms with van der Waals surface area (Å²) in [6.07, 6.45) is 1.20. The largest absolute Gasteiger partial charge is 0.619 e. The zero-order chi connectivity index (χ0) is 18.4. The molecule has 134 valence electrons. The summed E-state index contributed by atoms with van der Waals surface area (Å²) in [4.78, 5) is 11.8. The molecule has 0 aliphatic heterocycles. The average molecular weight is 367 g/mol. The highest BCUT2D eigenvalue weighted by molar-refractivity contribution is 7.90. The highest BCUT2D eigenvalue weighted by Gasteiger charge is 2.20. The minimum absolute atomic E-state index is 0.0858. The molecule has 1 atom stereocenters. The molecule has 0 fully saturated rings. The van der Waals surface area contributed by atoms with Crippen molar-refractivity contribution in [3.05, 3.63) is 59.6 Å². The molecule has 1 amide bonds. The SMILES string of the molecule is O=C(NS(=O)(=O)c1ccc(NCC(O)CO)cc1)c1ccc[n+]([O-])c1. The summed E-state index contributed by atoms with van der Waals surface area (Å²) >= 11 is 0. The van der Waals surface area contributed by atoms with E-state index in [1.165, 1.54) is 42.6 Å². The van der Waals surface area contributed by atoms with Crippen molar-refractivity contribution in [2.75, 3.05) is 18.5 Å². The molecule has 0 saturated heterocycles. The summed E-state index contributed by atoms with van der Waals surface area (Å²) in [7, 11) is -4.10. The first-order chi connectivity index (χ1) is 11.8. The van der Waals surface area contributed by atoms with Gasteiger partial charge in [0.05, 0.1) is 17.6 Å². The van der Waals surface area contributed by atoms with Crippen LogP contribution in [0.2, 0.25) is 0 Å². The predicted octanol–water partition coefficient (Wildman–Crippen LogP) is -0.796. The summed E-state index contributed by atoms with van der Waals surface area (Å²) in [5.41, 5.74) is 0.450. The van der Waals surface area contributed by atoms with Crippen molar-refractivity contribution in [3.63, 3.8) is 0 Å². The van der Waals surface area contributed by atoms with Crippen molar-refractivity contribution in [1.29, 1.82) is 0 Å². The van der Waals surface area contributed by atoms with Crippen LogP contribution in [0.5, 0.6) is 0 Å². The fraction of sp³-hybridized carbons (Fsp3) is 0.200. The molecular weight excluding hydrogens is 350 g/mol. The van der Waals surface area contributed by atoms with Crippen LogP contribution in [-0.2, 0) is 10.0 Å². The van der Waals surface area contributed by atoms with Gasteiger partial charge in [-0.1, -0.05) is 0 Å². The van der Waals surface area contributed by atoms with Crippen LogP contribution in [0.3, 0.4) is 0 Å². The molecule has 1 heterocycles. The minimum atomic E-state index is -4.10. The van der Waals surface area contributed by atoms with E-state index in [0.717, 1.165) is 6.20 Å². The highest BCUT2D eigenvalue weighted by Crippen LogP contribution is 2.14. The number of carbonyl (C=O) groups is 1. The maximum atomic E-state index is 12.2. The molecule has 9 nitrogen and oxygen atoms in total. The van der Waals surface area contributed by atoms with Crippen molar-refractivity contribution in [1.82, 2.24) is 4.72 Å². The van der Waals surface area contributed by atoms with Crippen molar-refractivity contribution < 1.29 is 28.2 Å². The third kappa shape index (κ3) is 5.14. The first-order valence-electron chi connectivity index (χ1n) is 7.20. The maximum Gasteiger partial charge on any atom is 0.271 e. The van der Waals surface area contributed by atoms with Gasteiger partial charge in [0.2, 0.25) is 0 Å². The standard InChI is InChI=1S/C15H17N3O6S/c19-10-13(20)8-16-12-3-5-14(6-4-12)25(23,24)17-15(21)11-2-1-7-18(22)9-11/h1-7,9,13,16,19-20H,8,10H2,(H,17,21). The van der Waals surface area contributed by atoms with Gasteiger partial charge in [0.1, 0.15) is 5.56 Å². The quantitative estimate of drug-likeness (QED) is 0.371. The van der Waals surface area contributed by atoms with E-state index in [4.69, 9.17) is 5.11 Å². The number of anilines is 1. The molecule has 2 rings (SSSR count). The molecule has 1 aromatic carbocycles. The van der Waals surface area contributed by atoms with E-state index >= 15 is 0 Å². The fourth-order valence-corrected chi connectivity index (χ4v) is 2.86. The molecule has 0 saturated carbocycles. The number of rotatable bonds is 7. The van der Waals surface area contributed by atoms with Gasteiger partial charge in [-0.3, -0.25) is 4.79 Å². The number of nitrogens with one attached hydrogen (secondary N) is 2. The van der Waals surface area contributed by atoms with Gasteiger partial charge < -0.3 is 20.7 Å². The van der Waals surface area contributed by atoms with Crippen LogP contribution in [0.15, 0.2) is 53.7 Å². The fourth-order valence-electron chi connectivity index (χ4n) is 1.88. The van der Waals surface area contributed by atoms with Crippen LogP contribution in [0, 0.1) is 5.21 Å². The average Bonchev–Trinajstić information content (AvgIpc) is 2.59. The van der Waals surface area contributed by atoms with Crippen LogP contribution in [0.1, 0.15) is 10.4 Å². The topological polar surface area (TPSA) is 143 Å². The third-order valence-corrected chi connectivity index (χ3v) is 4.53. The molecule has 0 bridgehead atoms. The van der Waals surface area contributed by atoms with Crippen LogP contribution < -0.4 is 14.8 Å². The number of aromatic nitrogens is 1. The molecule has 0 aliphatic rings.